The highest BCUT2D eigenvalue weighted by molar-refractivity contribution is 7.92. The summed E-state index contributed by atoms with van der Waals surface area (Å²) in [6.07, 6.45) is 3.08. The number of anilines is 2. The van der Waals surface area contributed by atoms with Gasteiger partial charge >= 0.3 is 0 Å². The standard InChI is InChI=1S/C27H25FN4O4S/c1-36-25-12-11-19(23-9-2-3-10-24(23)28)16-26(25)37(34,35)32-22-8-4-7-21(17-22)30-14-15-31-27(33)20-6-5-13-29-18-20/h2-13,16-18,30,32H,14-15H2,1H3,(H,31,33). The minimum Gasteiger partial charge on any atom is -0.495 e. The number of benzene rings is 3. The molecule has 0 bridgehead atoms. The van der Waals surface area contributed by atoms with Gasteiger partial charge in [0.1, 0.15) is 16.5 Å². The average Bonchev–Trinajstić information content (AvgIpc) is 2.91. The quantitative estimate of drug-likeness (QED) is 0.265. The number of carbonyl (C=O) groups is 1. The number of nitrogens with zero attached hydrogens (tertiary/aromatic N) is 1. The largest absolute Gasteiger partial charge is 0.495 e. The van der Waals surface area contributed by atoms with Gasteiger partial charge in [-0.3, -0.25) is 14.5 Å². The Morgan fingerprint density at radius 2 is 1.76 bits per heavy atom. The van der Waals surface area contributed by atoms with Crippen molar-refractivity contribution in [3.8, 4) is 16.9 Å². The first-order chi connectivity index (χ1) is 17.9. The maximum absolute atomic E-state index is 14.3. The molecule has 1 aromatic heterocycles. The summed E-state index contributed by atoms with van der Waals surface area (Å²) in [5.74, 6) is -0.562. The van der Waals surface area contributed by atoms with Crippen LogP contribution in [0, 0.1) is 5.82 Å². The highest BCUT2D eigenvalue weighted by Gasteiger charge is 2.21. The number of halogens is 1. The average molecular weight is 521 g/mol. The van der Waals surface area contributed by atoms with Gasteiger partial charge in [0.05, 0.1) is 18.4 Å². The van der Waals surface area contributed by atoms with Crippen LogP contribution in [-0.4, -0.2) is 39.5 Å². The molecule has 1 amide bonds. The fraction of sp³-hybridized carbons (Fsp3) is 0.111. The van der Waals surface area contributed by atoms with E-state index in [1.54, 1.807) is 66.9 Å². The molecule has 8 nitrogen and oxygen atoms in total. The number of hydrogen-bond donors (Lipinski definition) is 3. The molecule has 0 aliphatic rings. The zero-order chi connectivity index (χ0) is 26.3. The summed E-state index contributed by atoms with van der Waals surface area (Å²) in [6, 6.07) is 20.7. The Hall–Kier alpha value is -4.44. The highest BCUT2D eigenvalue weighted by atomic mass is 32.2. The summed E-state index contributed by atoms with van der Waals surface area (Å²) in [6.45, 7) is 0.768. The number of rotatable bonds is 10. The predicted molar refractivity (Wildman–Crippen MR) is 141 cm³/mol. The van der Waals surface area contributed by atoms with Crippen molar-refractivity contribution >= 4 is 27.3 Å². The molecule has 0 aliphatic carbocycles. The number of amides is 1. The fourth-order valence-electron chi connectivity index (χ4n) is 3.63. The molecule has 1 heterocycles. The number of hydrogen-bond acceptors (Lipinski definition) is 6. The van der Waals surface area contributed by atoms with E-state index in [-0.39, 0.29) is 22.1 Å². The Labute approximate surface area is 214 Å². The van der Waals surface area contributed by atoms with Gasteiger partial charge in [0.2, 0.25) is 0 Å². The second-order valence-corrected chi connectivity index (χ2v) is 9.61. The SMILES string of the molecule is COc1ccc(-c2ccccc2F)cc1S(=O)(=O)Nc1cccc(NCCNC(=O)c2cccnc2)c1. The van der Waals surface area contributed by atoms with Crippen molar-refractivity contribution in [2.24, 2.45) is 0 Å². The van der Waals surface area contributed by atoms with E-state index in [1.165, 1.54) is 31.5 Å². The van der Waals surface area contributed by atoms with Gasteiger partial charge in [-0.15, -0.1) is 0 Å². The van der Waals surface area contributed by atoms with Crippen LogP contribution in [0.15, 0.2) is 96.2 Å². The van der Waals surface area contributed by atoms with Crippen molar-refractivity contribution in [3.05, 3.63) is 103 Å². The number of carbonyl (C=O) groups excluding carboxylic acids is 1. The Kier molecular flexibility index (Phi) is 7.99. The second-order valence-electron chi connectivity index (χ2n) is 7.96. The molecule has 0 unspecified atom stereocenters. The Morgan fingerprint density at radius 3 is 2.51 bits per heavy atom. The van der Waals surface area contributed by atoms with Crippen LogP contribution in [0.2, 0.25) is 0 Å². The predicted octanol–water partition coefficient (Wildman–Crippen LogP) is 4.54. The molecule has 190 valence electrons. The van der Waals surface area contributed by atoms with Gasteiger partial charge in [0, 0.05) is 36.7 Å². The number of ether oxygens (including phenoxy) is 1. The number of methoxy groups -OCH3 is 1. The van der Waals surface area contributed by atoms with Gasteiger partial charge in [0.25, 0.3) is 15.9 Å². The summed E-state index contributed by atoms with van der Waals surface area (Å²) in [5, 5.41) is 5.93. The lowest BCUT2D eigenvalue weighted by Gasteiger charge is -2.14. The van der Waals surface area contributed by atoms with E-state index in [9.17, 15) is 17.6 Å². The van der Waals surface area contributed by atoms with Crippen LogP contribution in [0.25, 0.3) is 11.1 Å². The molecule has 0 radical (unpaired) electrons. The van der Waals surface area contributed by atoms with Gasteiger partial charge in [-0.1, -0.05) is 30.3 Å². The maximum atomic E-state index is 14.3. The van der Waals surface area contributed by atoms with Crippen molar-refractivity contribution in [1.82, 2.24) is 10.3 Å². The summed E-state index contributed by atoms with van der Waals surface area (Å²) in [5.41, 5.74) is 2.13. The fourth-order valence-corrected chi connectivity index (χ4v) is 4.88. The van der Waals surface area contributed by atoms with E-state index in [0.29, 0.717) is 35.6 Å². The Morgan fingerprint density at radius 1 is 0.946 bits per heavy atom. The number of sulfonamides is 1. The van der Waals surface area contributed by atoms with Crippen LogP contribution in [0.1, 0.15) is 10.4 Å². The van der Waals surface area contributed by atoms with Crippen LogP contribution in [-0.2, 0) is 10.0 Å². The Bertz CT molecular complexity index is 1500. The molecule has 3 N–H and O–H groups in total. The van der Waals surface area contributed by atoms with Gasteiger partial charge in [-0.25, -0.2) is 12.8 Å². The first kappa shape index (κ1) is 25.6. The first-order valence-corrected chi connectivity index (χ1v) is 12.8. The topological polar surface area (TPSA) is 109 Å². The van der Waals surface area contributed by atoms with Crippen LogP contribution in [0.5, 0.6) is 5.75 Å². The number of aromatic nitrogens is 1. The molecule has 0 saturated carbocycles. The van der Waals surface area contributed by atoms with E-state index in [0.717, 1.165) is 0 Å². The molecule has 0 atom stereocenters. The summed E-state index contributed by atoms with van der Waals surface area (Å²) < 4.78 is 48.7. The molecule has 0 aliphatic heterocycles. The van der Waals surface area contributed by atoms with Crippen molar-refractivity contribution in [3.63, 3.8) is 0 Å². The first-order valence-electron chi connectivity index (χ1n) is 11.4. The van der Waals surface area contributed by atoms with Crippen molar-refractivity contribution in [1.29, 1.82) is 0 Å². The molecule has 0 spiro atoms. The molecule has 4 aromatic rings. The van der Waals surface area contributed by atoms with E-state index in [1.807, 2.05) is 0 Å². The van der Waals surface area contributed by atoms with Gasteiger partial charge < -0.3 is 15.4 Å². The third-order valence-electron chi connectivity index (χ3n) is 5.42. The Balaban J connectivity index is 1.45. The van der Waals surface area contributed by atoms with Gasteiger partial charge in [-0.05, 0) is 54.1 Å². The van der Waals surface area contributed by atoms with Crippen LogP contribution in [0.4, 0.5) is 15.8 Å². The van der Waals surface area contributed by atoms with E-state index in [4.69, 9.17) is 4.74 Å². The zero-order valence-electron chi connectivity index (χ0n) is 19.9. The van der Waals surface area contributed by atoms with Gasteiger partial charge in [-0.2, -0.15) is 0 Å². The lowest BCUT2D eigenvalue weighted by molar-refractivity contribution is 0.0955. The van der Waals surface area contributed by atoms with Crippen LogP contribution in [0.3, 0.4) is 0 Å². The molecule has 10 heteroatoms. The van der Waals surface area contributed by atoms with E-state index < -0.39 is 15.8 Å². The van der Waals surface area contributed by atoms with E-state index in [2.05, 4.69) is 20.3 Å². The normalized spacial score (nSPS) is 11.0. The van der Waals surface area contributed by atoms with Crippen LogP contribution >= 0.6 is 0 Å². The molecule has 0 saturated heterocycles. The van der Waals surface area contributed by atoms with Crippen LogP contribution < -0.4 is 20.1 Å². The molecule has 4 rings (SSSR count). The minimum absolute atomic E-state index is 0.118. The number of nitrogens with one attached hydrogen (secondary N) is 3. The molecular formula is C27H25FN4O4S. The lowest BCUT2D eigenvalue weighted by atomic mass is 10.1. The maximum Gasteiger partial charge on any atom is 0.265 e. The van der Waals surface area contributed by atoms with E-state index >= 15 is 0 Å². The summed E-state index contributed by atoms with van der Waals surface area (Å²) >= 11 is 0. The van der Waals surface area contributed by atoms with Crippen molar-refractivity contribution < 1.29 is 22.3 Å². The van der Waals surface area contributed by atoms with Crippen molar-refractivity contribution in [2.75, 3.05) is 30.2 Å². The summed E-state index contributed by atoms with van der Waals surface area (Å²) in [4.78, 5) is 15.9. The summed E-state index contributed by atoms with van der Waals surface area (Å²) in [7, 11) is -2.70. The number of pyridine rings is 1. The smallest absolute Gasteiger partial charge is 0.265 e. The third kappa shape index (κ3) is 6.42. The van der Waals surface area contributed by atoms with Crippen molar-refractivity contribution in [2.45, 2.75) is 4.90 Å². The molecule has 37 heavy (non-hydrogen) atoms. The monoisotopic (exact) mass is 520 g/mol. The molecular weight excluding hydrogens is 495 g/mol. The second kappa shape index (κ2) is 11.5. The molecule has 0 fully saturated rings. The molecule has 3 aromatic carbocycles. The third-order valence-corrected chi connectivity index (χ3v) is 6.82. The minimum atomic E-state index is -4.07. The lowest BCUT2D eigenvalue weighted by Crippen LogP contribution is -2.28. The zero-order valence-corrected chi connectivity index (χ0v) is 20.8. The highest BCUT2D eigenvalue weighted by Crippen LogP contribution is 2.32. The van der Waals surface area contributed by atoms with Gasteiger partial charge in [0.15, 0.2) is 0 Å².